The normalized spacial score (nSPS) is 12.9. The van der Waals surface area contributed by atoms with E-state index in [1.165, 1.54) is 0 Å². The molecule has 0 aromatic heterocycles. The second kappa shape index (κ2) is 4.77. The molecule has 4 heteroatoms. The molecule has 1 aliphatic heterocycles. The molecule has 0 bridgehead atoms. The van der Waals surface area contributed by atoms with E-state index in [1.807, 2.05) is 60.7 Å². The molecule has 0 unspecified atom stereocenters. The number of carbonyl (C=O) groups excluding carboxylic acids is 1. The van der Waals surface area contributed by atoms with Crippen LogP contribution < -0.4 is 16.0 Å². The van der Waals surface area contributed by atoms with Crippen molar-refractivity contribution in [1.29, 1.82) is 0 Å². The number of hydrogen-bond donors (Lipinski definition) is 2. The Kier molecular flexibility index (Phi) is 2.76. The van der Waals surface area contributed by atoms with E-state index in [0.29, 0.717) is 12.4 Å². The summed E-state index contributed by atoms with van der Waals surface area (Å²) in [5.41, 5.74) is 9.10. The van der Waals surface area contributed by atoms with E-state index >= 15 is 0 Å². The molecule has 108 valence electrons. The third-order valence-corrected chi connectivity index (χ3v) is 3.98. The number of nitrogens with zero attached hydrogens (tertiary/aromatic N) is 1. The molecule has 0 saturated carbocycles. The highest BCUT2D eigenvalue weighted by atomic mass is 16.2. The zero-order chi connectivity index (χ0) is 15.1. The van der Waals surface area contributed by atoms with Gasteiger partial charge in [0, 0.05) is 22.3 Å². The Labute approximate surface area is 128 Å². The smallest absolute Gasteiger partial charge is 0.260 e. The second-order valence-corrected chi connectivity index (χ2v) is 5.37. The van der Waals surface area contributed by atoms with Crippen LogP contribution in [0.5, 0.6) is 0 Å². The molecule has 1 aliphatic rings. The average Bonchev–Trinajstić information content (AvgIpc) is 2.81. The van der Waals surface area contributed by atoms with Gasteiger partial charge in [-0.3, -0.25) is 9.69 Å². The molecule has 0 radical (unpaired) electrons. The molecule has 0 aliphatic carbocycles. The SMILES string of the molecule is Nc1cccc(NCN2C(=O)c3cccc4cccc2c34)c1. The van der Waals surface area contributed by atoms with Gasteiger partial charge in [0.1, 0.15) is 0 Å². The molecule has 4 nitrogen and oxygen atoms in total. The zero-order valence-electron chi connectivity index (χ0n) is 11.9. The van der Waals surface area contributed by atoms with E-state index in [-0.39, 0.29) is 5.91 Å². The van der Waals surface area contributed by atoms with Crippen LogP contribution in [-0.2, 0) is 0 Å². The van der Waals surface area contributed by atoms with E-state index in [2.05, 4.69) is 5.32 Å². The number of nitrogen functional groups attached to an aromatic ring is 1. The Bertz CT molecular complexity index is 883. The summed E-state index contributed by atoms with van der Waals surface area (Å²) in [4.78, 5) is 14.4. The second-order valence-electron chi connectivity index (χ2n) is 5.37. The molecule has 0 spiro atoms. The molecule has 1 amide bonds. The van der Waals surface area contributed by atoms with Crippen LogP contribution in [0.15, 0.2) is 60.7 Å². The van der Waals surface area contributed by atoms with Gasteiger partial charge in [-0.1, -0.05) is 30.3 Å². The number of carbonyl (C=O) groups is 1. The van der Waals surface area contributed by atoms with Crippen molar-refractivity contribution in [3.8, 4) is 0 Å². The maximum Gasteiger partial charge on any atom is 0.260 e. The largest absolute Gasteiger partial charge is 0.399 e. The lowest BCUT2D eigenvalue weighted by Gasteiger charge is -2.19. The van der Waals surface area contributed by atoms with Crippen molar-refractivity contribution in [2.45, 2.75) is 0 Å². The first-order chi connectivity index (χ1) is 10.7. The zero-order valence-corrected chi connectivity index (χ0v) is 11.9. The minimum Gasteiger partial charge on any atom is -0.399 e. The van der Waals surface area contributed by atoms with Crippen molar-refractivity contribution in [2.75, 3.05) is 22.6 Å². The van der Waals surface area contributed by atoms with Gasteiger partial charge in [0.05, 0.1) is 12.4 Å². The van der Waals surface area contributed by atoms with Crippen molar-refractivity contribution in [2.24, 2.45) is 0 Å². The summed E-state index contributed by atoms with van der Waals surface area (Å²) in [5.74, 6) is 0.0307. The third-order valence-electron chi connectivity index (χ3n) is 3.98. The summed E-state index contributed by atoms with van der Waals surface area (Å²) in [6.45, 7) is 0.413. The standard InChI is InChI=1S/C18H15N3O/c19-13-6-3-7-14(10-13)20-11-21-16-9-2-5-12-4-1-8-15(17(12)16)18(21)22/h1-10,20H,11,19H2. The van der Waals surface area contributed by atoms with Crippen LogP contribution in [0.2, 0.25) is 0 Å². The summed E-state index contributed by atoms with van der Waals surface area (Å²) in [6, 6.07) is 19.4. The van der Waals surface area contributed by atoms with Crippen molar-refractivity contribution in [3.63, 3.8) is 0 Å². The summed E-state index contributed by atoms with van der Waals surface area (Å²) < 4.78 is 0. The van der Waals surface area contributed by atoms with Crippen molar-refractivity contribution < 1.29 is 4.79 Å². The van der Waals surface area contributed by atoms with Crippen LogP contribution >= 0.6 is 0 Å². The highest BCUT2D eigenvalue weighted by molar-refractivity contribution is 6.25. The summed E-state index contributed by atoms with van der Waals surface area (Å²) in [5, 5.41) is 5.38. The highest BCUT2D eigenvalue weighted by Gasteiger charge is 2.28. The number of hydrogen-bond acceptors (Lipinski definition) is 3. The lowest BCUT2D eigenvalue weighted by Crippen LogP contribution is -2.32. The fraction of sp³-hybridized carbons (Fsp3) is 0.0556. The molecule has 3 aromatic rings. The molecule has 0 atom stereocenters. The predicted molar refractivity (Wildman–Crippen MR) is 90.1 cm³/mol. The van der Waals surface area contributed by atoms with E-state index < -0.39 is 0 Å². The first-order valence-electron chi connectivity index (χ1n) is 7.17. The van der Waals surface area contributed by atoms with E-state index in [4.69, 9.17) is 5.73 Å². The first kappa shape index (κ1) is 12.7. The van der Waals surface area contributed by atoms with Crippen molar-refractivity contribution >= 4 is 33.7 Å². The minimum atomic E-state index is 0.0307. The van der Waals surface area contributed by atoms with Gasteiger partial charge in [-0.05, 0) is 35.7 Å². The van der Waals surface area contributed by atoms with Crippen LogP contribution in [0.25, 0.3) is 10.8 Å². The summed E-state index contributed by atoms with van der Waals surface area (Å²) in [7, 11) is 0. The fourth-order valence-electron chi connectivity index (χ4n) is 2.96. The van der Waals surface area contributed by atoms with Gasteiger partial charge >= 0.3 is 0 Å². The first-order valence-corrected chi connectivity index (χ1v) is 7.17. The molecule has 22 heavy (non-hydrogen) atoms. The van der Waals surface area contributed by atoms with E-state index in [1.54, 1.807) is 4.90 Å². The number of nitrogens with one attached hydrogen (secondary N) is 1. The maximum atomic E-state index is 12.6. The minimum absolute atomic E-state index is 0.0307. The van der Waals surface area contributed by atoms with Crippen molar-refractivity contribution in [1.82, 2.24) is 0 Å². The van der Waals surface area contributed by atoms with Gasteiger partial charge in [-0.25, -0.2) is 0 Å². The van der Waals surface area contributed by atoms with Gasteiger partial charge in [0.15, 0.2) is 0 Å². The van der Waals surface area contributed by atoms with E-state index in [0.717, 1.165) is 27.7 Å². The Morgan fingerprint density at radius 2 is 1.77 bits per heavy atom. The van der Waals surface area contributed by atoms with Crippen LogP contribution in [0.3, 0.4) is 0 Å². The Morgan fingerprint density at radius 3 is 2.59 bits per heavy atom. The van der Waals surface area contributed by atoms with Crippen molar-refractivity contribution in [3.05, 3.63) is 66.2 Å². The number of benzene rings is 3. The summed E-state index contributed by atoms with van der Waals surface area (Å²) >= 11 is 0. The Morgan fingerprint density at radius 1 is 1.00 bits per heavy atom. The topological polar surface area (TPSA) is 58.4 Å². The van der Waals surface area contributed by atoms with Crippen LogP contribution in [0, 0.1) is 0 Å². The van der Waals surface area contributed by atoms with E-state index in [9.17, 15) is 4.79 Å². The maximum absolute atomic E-state index is 12.6. The fourth-order valence-corrected chi connectivity index (χ4v) is 2.96. The molecule has 3 N–H and O–H groups in total. The molecule has 0 fully saturated rings. The lowest BCUT2D eigenvalue weighted by molar-refractivity contribution is 0.0995. The van der Waals surface area contributed by atoms with Gasteiger partial charge in [0.2, 0.25) is 0 Å². The monoisotopic (exact) mass is 289 g/mol. The number of rotatable bonds is 3. The molecule has 4 rings (SSSR count). The quantitative estimate of drug-likeness (QED) is 0.726. The average molecular weight is 289 g/mol. The lowest BCUT2D eigenvalue weighted by atomic mass is 10.1. The Hall–Kier alpha value is -3.01. The number of amides is 1. The van der Waals surface area contributed by atoms with Gasteiger partial charge in [-0.2, -0.15) is 0 Å². The van der Waals surface area contributed by atoms with Gasteiger partial charge in [0.25, 0.3) is 5.91 Å². The predicted octanol–water partition coefficient (Wildman–Crippen LogP) is 3.45. The molecule has 3 aromatic carbocycles. The number of nitrogens with two attached hydrogens (primary N) is 1. The van der Waals surface area contributed by atoms with Crippen LogP contribution in [-0.4, -0.2) is 12.6 Å². The third kappa shape index (κ3) is 1.89. The number of anilines is 3. The highest BCUT2D eigenvalue weighted by Crippen LogP contribution is 2.36. The molecular weight excluding hydrogens is 274 g/mol. The molecular formula is C18H15N3O. The molecule has 0 saturated heterocycles. The van der Waals surface area contributed by atoms with Crippen LogP contribution in [0.4, 0.5) is 17.1 Å². The molecule has 1 heterocycles. The van der Waals surface area contributed by atoms with Gasteiger partial charge in [-0.15, -0.1) is 0 Å². The van der Waals surface area contributed by atoms with Gasteiger partial charge < -0.3 is 11.1 Å². The Balaban J connectivity index is 1.67. The van der Waals surface area contributed by atoms with Crippen LogP contribution in [0.1, 0.15) is 10.4 Å². The summed E-state index contributed by atoms with van der Waals surface area (Å²) in [6.07, 6.45) is 0.